The van der Waals surface area contributed by atoms with E-state index < -0.39 is 5.79 Å². The average molecular weight is 327 g/mol. The first-order valence-corrected chi connectivity index (χ1v) is 8.39. The summed E-state index contributed by atoms with van der Waals surface area (Å²) in [6.07, 6.45) is 1.58. The van der Waals surface area contributed by atoms with Gasteiger partial charge in [-0.1, -0.05) is 32.0 Å². The first kappa shape index (κ1) is 15.5. The summed E-state index contributed by atoms with van der Waals surface area (Å²) in [5.74, 6) is 0.0431. The molecule has 1 fully saturated rings. The molecule has 0 radical (unpaired) electrons. The Hall–Kier alpha value is -2.07. The number of para-hydroxylation sites is 1. The quantitative estimate of drug-likeness (QED) is 0.850. The summed E-state index contributed by atoms with van der Waals surface area (Å²) in [5, 5.41) is 3.52. The second-order valence-corrected chi connectivity index (χ2v) is 7.59. The highest BCUT2D eigenvalue weighted by molar-refractivity contribution is 5.49. The number of nitrogens with one attached hydrogen (secondary N) is 1. The van der Waals surface area contributed by atoms with E-state index in [2.05, 4.69) is 25.2 Å². The molecule has 1 spiro atoms. The van der Waals surface area contributed by atoms with Crippen molar-refractivity contribution >= 4 is 5.69 Å². The number of fused-ring (bicyclic) bond motifs is 1. The summed E-state index contributed by atoms with van der Waals surface area (Å²) in [5.41, 5.74) is 2.11. The fraction of sp³-hybridized carbons (Fsp3) is 0.400. The molecule has 0 aliphatic carbocycles. The van der Waals surface area contributed by atoms with Crippen molar-refractivity contribution in [1.82, 2.24) is 0 Å². The molecule has 0 saturated carbocycles. The SMILES string of the molecule is CC1(C)CO[C@]2(C[C@@H](Nc3ccc(F)cc3)c3ccccc3O2)C1. The van der Waals surface area contributed by atoms with Crippen molar-refractivity contribution in [3.05, 3.63) is 59.9 Å². The highest BCUT2D eigenvalue weighted by Crippen LogP contribution is 2.49. The van der Waals surface area contributed by atoms with Gasteiger partial charge in [0.05, 0.1) is 12.6 Å². The van der Waals surface area contributed by atoms with E-state index in [9.17, 15) is 4.39 Å². The van der Waals surface area contributed by atoms with Gasteiger partial charge in [0.1, 0.15) is 11.6 Å². The van der Waals surface area contributed by atoms with Crippen LogP contribution < -0.4 is 10.1 Å². The largest absolute Gasteiger partial charge is 0.462 e. The Labute approximate surface area is 141 Å². The fourth-order valence-electron chi connectivity index (χ4n) is 3.76. The standard InChI is InChI=1S/C20H22FNO2/c1-19(2)12-20(23-13-19)11-17(16-5-3-4-6-18(16)24-20)22-15-9-7-14(21)8-10-15/h3-10,17,22H,11-13H2,1-2H3/t17-,20+/m1/s1. The van der Waals surface area contributed by atoms with Crippen LogP contribution in [0.5, 0.6) is 5.75 Å². The van der Waals surface area contributed by atoms with Gasteiger partial charge in [0, 0.05) is 24.1 Å². The van der Waals surface area contributed by atoms with Gasteiger partial charge >= 0.3 is 0 Å². The van der Waals surface area contributed by atoms with Gasteiger partial charge < -0.3 is 14.8 Å². The van der Waals surface area contributed by atoms with Crippen molar-refractivity contribution < 1.29 is 13.9 Å². The molecule has 24 heavy (non-hydrogen) atoms. The van der Waals surface area contributed by atoms with Crippen molar-refractivity contribution in [3.63, 3.8) is 0 Å². The van der Waals surface area contributed by atoms with Crippen LogP contribution in [-0.4, -0.2) is 12.4 Å². The molecule has 0 bridgehead atoms. The predicted octanol–water partition coefficient (Wildman–Crippen LogP) is 4.90. The zero-order valence-electron chi connectivity index (χ0n) is 14.0. The molecule has 126 valence electrons. The normalized spacial score (nSPS) is 27.5. The molecule has 2 atom stereocenters. The van der Waals surface area contributed by atoms with Crippen LogP contribution in [0.25, 0.3) is 0 Å². The number of halogens is 1. The van der Waals surface area contributed by atoms with Crippen LogP contribution in [0.3, 0.4) is 0 Å². The Bertz CT molecular complexity index is 744. The third kappa shape index (κ3) is 2.86. The molecular weight excluding hydrogens is 305 g/mol. The maximum atomic E-state index is 13.2. The topological polar surface area (TPSA) is 30.5 Å². The summed E-state index contributed by atoms with van der Waals surface area (Å²) in [4.78, 5) is 0. The van der Waals surface area contributed by atoms with E-state index in [1.807, 2.05) is 18.2 Å². The Balaban J connectivity index is 1.66. The van der Waals surface area contributed by atoms with E-state index in [4.69, 9.17) is 9.47 Å². The van der Waals surface area contributed by atoms with Gasteiger partial charge in [-0.05, 0) is 35.7 Å². The second-order valence-electron chi connectivity index (χ2n) is 7.59. The summed E-state index contributed by atoms with van der Waals surface area (Å²) in [6.45, 7) is 5.10. The molecule has 0 unspecified atom stereocenters. The van der Waals surface area contributed by atoms with Crippen molar-refractivity contribution in [1.29, 1.82) is 0 Å². The third-order valence-electron chi connectivity index (χ3n) is 4.76. The highest BCUT2D eigenvalue weighted by Gasteiger charge is 2.50. The molecular formula is C20H22FNO2. The van der Waals surface area contributed by atoms with Crippen molar-refractivity contribution in [2.75, 3.05) is 11.9 Å². The number of hydrogen-bond donors (Lipinski definition) is 1. The molecule has 4 rings (SSSR count). The van der Waals surface area contributed by atoms with Crippen molar-refractivity contribution in [3.8, 4) is 5.75 Å². The Morgan fingerprint density at radius 2 is 1.83 bits per heavy atom. The minimum Gasteiger partial charge on any atom is -0.462 e. The van der Waals surface area contributed by atoms with Gasteiger partial charge in [-0.3, -0.25) is 0 Å². The maximum Gasteiger partial charge on any atom is 0.213 e. The van der Waals surface area contributed by atoms with Crippen LogP contribution in [0.15, 0.2) is 48.5 Å². The minimum atomic E-state index is -0.588. The van der Waals surface area contributed by atoms with Crippen LogP contribution >= 0.6 is 0 Å². The Morgan fingerprint density at radius 3 is 2.54 bits per heavy atom. The number of benzene rings is 2. The number of hydrogen-bond acceptors (Lipinski definition) is 3. The molecule has 2 aliphatic rings. The molecule has 2 aliphatic heterocycles. The first-order chi connectivity index (χ1) is 11.4. The van der Waals surface area contributed by atoms with Crippen molar-refractivity contribution in [2.45, 2.75) is 38.5 Å². The van der Waals surface area contributed by atoms with E-state index in [-0.39, 0.29) is 17.3 Å². The highest BCUT2D eigenvalue weighted by atomic mass is 19.1. The Morgan fingerprint density at radius 1 is 1.08 bits per heavy atom. The summed E-state index contributed by atoms with van der Waals surface area (Å²) >= 11 is 0. The van der Waals surface area contributed by atoms with Gasteiger partial charge in [0.15, 0.2) is 0 Å². The van der Waals surface area contributed by atoms with E-state index in [0.717, 1.165) is 29.8 Å². The van der Waals surface area contributed by atoms with Gasteiger partial charge in [-0.2, -0.15) is 0 Å². The van der Waals surface area contributed by atoms with Gasteiger partial charge in [-0.15, -0.1) is 0 Å². The van der Waals surface area contributed by atoms with Crippen LogP contribution in [0, 0.1) is 11.2 Å². The van der Waals surface area contributed by atoms with Gasteiger partial charge in [-0.25, -0.2) is 4.39 Å². The molecule has 0 amide bonds. The van der Waals surface area contributed by atoms with Crippen molar-refractivity contribution in [2.24, 2.45) is 5.41 Å². The maximum absolute atomic E-state index is 13.2. The molecule has 1 saturated heterocycles. The lowest BCUT2D eigenvalue weighted by Gasteiger charge is -2.40. The van der Waals surface area contributed by atoms with E-state index >= 15 is 0 Å². The lowest BCUT2D eigenvalue weighted by Crippen LogP contribution is -2.42. The van der Waals surface area contributed by atoms with Crippen LogP contribution in [0.4, 0.5) is 10.1 Å². The average Bonchev–Trinajstić information content (AvgIpc) is 2.84. The van der Waals surface area contributed by atoms with Crippen LogP contribution in [0.1, 0.15) is 38.3 Å². The van der Waals surface area contributed by atoms with Gasteiger partial charge in [0.25, 0.3) is 0 Å². The Kier molecular flexibility index (Phi) is 3.53. The first-order valence-electron chi connectivity index (χ1n) is 8.39. The van der Waals surface area contributed by atoms with Crippen LogP contribution in [-0.2, 0) is 4.74 Å². The molecule has 4 heteroatoms. The number of rotatable bonds is 2. The molecule has 2 heterocycles. The zero-order chi connectivity index (χ0) is 16.8. The van der Waals surface area contributed by atoms with E-state index in [1.165, 1.54) is 12.1 Å². The third-order valence-corrected chi connectivity index (χ3v) is 4.76. The summed E-state index contributed by atoms with van der Waals surface area (Å²) < 4.78 is 25.6. The lowest BCUT2D eigenvalue weighted by molar-refractivity contribution is -0.164. The van der Waals surface area contributed by atoms with Crippen LogP contribution in [0.2, 0.25) is 0 Å². The summed E-state index contributed by atoms with van der Waals surface area (Å²) in [7, 11) is 0. The summed E-state index contributed by atoms with van der Waals surface area (Å²) in [6, 6.07) is 14.6. The molecule has 1 N–H and O–H groups in total. The van der Waals surface area contributed by atoms with Gasteiger partial charge in [0.2, 0.25) is 5.79 Å². The zero-order valence-corrected chi connectivity index (χ0v) is 14.0. The molecule has 3 nitrogen and oxygen atoms in total. The number of anilines is 1. The number of ether oxygens (including phenoxy) is 2. The van der Waals surface area contributed by atoms with E-state index in [0.29, 0.717) is 6.61 Å². The second kappa shape index (κ2) is 5.49. The monoisotopic (exact) mass is 327 g/mol. The molecule has 2 aromatic carbocycles. The predicted molar refractivity (Wildman–Crippen MR) is 91.5 cm³/mol. The lowest BCUT2D eigenvalue weighted by atomic mass is 9.84. The van der Waals surface area contributed by atoms with E-state index in [1.54, 1.807) is 12.1 Å². The molecule has 2 aromatic rings. The fourth-order valence-corrected chi connectivity index (χ4v) is 3.76. The smallest absolute Gasteiger partial charge is 0.213 e. The molecule has 0 aromatic heterocycles. The minimum absolute atomic E-state index is 0.0642.